The molecule has 2 atom stereocenters. The molecule has 0 aromatic heterocycles. The van der Waals surface area contributed by atoms with Crippen molar-refractivity contribution in [1.82, 2.24) is 5.32 Å². The molecule has 0 amide bonds. The van der Waals surface area contributed by atoms with Gasteiger partial charge >= 0.3 is 0 Å². The summed E-state index contributed by atoms with van der Waals surface area (Å²) in [6.07, 6.45) is 0.782. The molecule has 70 valence electrons. The van der Waals surface area contributed by atoms with Crippen LogP contribution in [0.2, 0.25) is 0 Å². The third-order valence-corrected chi connectivity index (χ3v) is 6.02. The minimum atomic E-state index is -2.74. The maximum atomic E-state index is 11.2. The second kappa shape index (κ2) is 2.62. The lowest BCUT2D eigenvalue weighted by molar-refractivity contribution is 0.491. The van der Waals surface area contributed by atoms with Crippen LogP contribution in [0.15, 0.2) is 0 Å². The lowest BCUT2D eigenvalue weighted by Gasteiger charge is -2.20. The van der Waals surface area contributed by atoms with E-state index < -0.39 is 9.84 Å². The molecule has 0 aliphatic carbocycles. The zero-order chi connectivity index (χ0) is 8.82. The molecule has 0 radical (unpaired) electrons. The lowest BCUT2D eigenvalue weighted by Crippen LogP contribution is -2.41. The summed E-state index contributed by atoms with van der Waals surface area (Å²) in [6.45, 7) is 2.10. The summed E-state index contributed by atoms with van der Waals surface area (Å²) >= 11 is 1.77. The largest absolute Gasteiger partial charge is 0.299 e. The van der Waals surface area contributed by atoms with Gasteiger partial charge in [-0.3, -0.25) is 5.32 Å². The molecule has 2 aliphatic heterocycles. The molecule has 0 saturated carbocycles. The van der Waals surface area contributed by atoms with Gasteiger partial charge in [-0.25, -0.2) is 8.42 Å². The molecule has 3 nitrogen and oxygen atoms in total. The van der Waals surface area contributed by atoms with Gasteiger partial charge in [0.2, 0.25) is 0 Å². The third kappa shape index (κ3) is 1.49. The van der Waals surface area contributed by atoms with Crippen LogP contribution < -0.4 is 5.32 Å². The van der Waals surface area contributed by atoms with Gasteiger partial charge in [0, 0.05) is 11.8 Å². The Kier molecular flexibility index (Phi) is 1.93. The van der Waals surface area contributed by atoms with E-state index in [1.165, 1.54) is 0 Å². The highest BCUT2D eigenvalue weighted by Crippen LogP contribution is 2.39. The zero-order valence-corrected chi connectivity index (χ0v) is 8.67. The van der Waals surface area contributed by atoms with Gasteiger partial charge in [0.15, 0.2) is 9.84 Å². The summed E-state index contributed by atoms with van der Waals surface area (Å²) in [6, 6.07) is 0.461. The average Bonchev–Trinajstić information content (AvgIpc) is 2.41. The molecule has 2 aliphatic rings. The number of thioether (sulfide) groups is 1. The smallest absolute Gasteiger partial charge is 0.153 e. The Hall–Kier alpha value is 0.260. The van der Waals surface area contributed by atoms with Crippen molar-refractivity contribution in [2.45, 2.75) is 24.3 Å². The van der Waals surface area contributed by atoms with Gasteiger partial charge in [0.05, 0.1) is 16.4 Å². The zero-order valence-electron chi connectivity index (χ0n) is 7.04. The van der Waals surface area contributed by atoms with Gasteiger partial charge < -0.3 is 0 Å². The van der Waals surface area contributed by atoms with E-state index in [9.17, 15) is 8.42 Å². The van der Waals surface area contributed by atoms with Gasteiger partial charge in [-0.1, -0.05) is 0 Å². The van der Waals surface area contributed by atoms with E-state index in [1.807, 2.05) is 0 Å². The predicted molar refractivity (Wildman–Crippen MR) is 51.1 cm³/mol. The summed E-state index contributed by atoms with van der Waals surface area (Å²) in [5.74, 6) is 1.73. The Balaban J connectivity index is 2.16. The van der Waals surface area contributed by atoms with Crippen LogP contribution >= 0.6 is 11.8 Å². The SMILES string of the molecule is CC1CSC2(CCS(=O)(=O)C2)N1. The van der Waals surface area contributed by atoms with E-state index in [-0.39, 0.29) is 4.87 Å². The Labute approximate surface area is 77.2 Å². The van der Waals surface area contributed by atoms with E-state index in [2.05, 4.69) is 12.2 Å². The number of sulfone groups is 1. The number of rotatable bonds is 0. The molecule has 2 saturated heterocycles. The molecule has 2 heterocycles. The van der Waals surface area contributed by atoms with Gasteiger partial charge in [-0.05, 0) is 13.3 Å². The maximum Gasteiger partial charge on any atom is 0.153 e. The molecule has 12 heavy (non-hydrogen) atoms. The van der Waals surface area contributed by atoms with E-state index in [0.717, 1.165) is 12.2 Å². The molecule has 0 aromatic rings. The van der Waals surface area contributed by atoms with E-state index in [0.29, 0.717) is 17.5 Å². The summed E-state index contributed by atoms with van der Waals surface area (Å²) in [5.41, 5.74) is 0. The summed E-state index contributed by atoms with van der Waals surface area (Å²) in [7, 11) is -2.74. The average molecular weight is 207 g/mol. The molecule has 0 aromatic carbocycles. The van der Waals surface area contributed by atoms with Crippen molar-refractivity contribution >= 4 is 21.6 Å². The first-order chi connectivity index (χ1) is 5.52. The minimum Gasteiger partial charge on any atom is -0.299 e. The third-order valence-electron chi connectivity index (χ3n) is 2.39. The first-order valence-electron chi connectivity index (χ1n) is 4.13. The standard InChI is InChI=1S/C7H13NO2S2/c1-6-4-11-7(8-6)2-3-12(9,10)5-7/h6,8H,2-5H2,1H3. The highest BCUT2D eigenvalue weighted by Gasteiger charge is 2.46. The second-order valence-electron chi connectivity index (χ2n) is 3.69. The Morgan fingerprint density at radius 3 is 2.75 bits per heavy atom. The Bertz CT molecular complexity index is 288. The van der Waals surface area contributed by atoms with Crippen molar-refractivity contribution in [3.05, 3.63) is 0 Å². The van der Waals surface area contributed by atoms with Crippen LogP contribution in [0.25, 0.3) is 0 Å². The summed E-state index contributed by atoms with van der Waals surface area (Å²) < 4.78 is 22.5. The highest BCUT2D eigenvalue weighted by molar-refractivity contribution is 8.02. The highest BCUT2D eigenvalue weighted by atomic mass is 32.2. The van der Waals surface area contributed by atoms with Gasteiger partial charge in [0.25, 0.3) is 0 Å². The van der Waals surface area contributed by atoms with Crippen LogP contribution in [-0.2, 0) is 9.84 Å². The van der Waals surface area contributed by atoms with Crippen LogP contribution in [0.1, 0.15) is 13.3 Å². The summed E-state index contributed by atoms with van der Waals surface area (Å²) in [4.78, 5) is -0.127. The monoisotopic (exact) mass is 207 g/mol. The van der Waals surface area contributed by atoms with Crippen LogP contribution in [-0.4, -0.2) is 36.6 Å². The van der Waals surface area contributed by atoms with Gasteiger partial charge in [-0.15, -0.1) is 11.8 Å². The van der Waals surface area contributed by atoms with Gasteiger partial charge in [-0.2, -0.15) is 0 Å². The van der Waals surface area contributed by atoms with Crippen LogP contribution in [0.4, 0.5) is 0 Å². The minimum absolute atomic E-state index is 0.127. The van der Waals surface area contributed by atoms with Crippen molar-refractivity contribution in [3.63, 3.8) is 0 Å². The van der Waals surface area contributed by atoms with Crippen LogP contribution in [0, 0.1) is 0 Å². The second-order valence-corrected chi connectivity index (χ2v) is 7.28. The molecule has 0 bridgehead atoms. The van der Waals surface area contributed by atoms with E-state index in [4.69, 9.17) is 0 Å². The Morgan fingerprint density at radius 1 is 1.58 bits per heavy atom. The van der Waals surface area contributed by atoms with Gasteiger partial charge in [0.1, 0.15) is 0 Å². The van der Waals surface area contributed by atoms with Crippen molar-refractivity contribution in [1.29, 1.82) is 0 Å². The number of hydrogen-bond donors (Lipinski definition) is 1. The fourth-order valence-corrected chi connectivity index (χ4v) is 5.79. The predicted octanol–water partition coefficient (Wildman–Crippen LogP) is 0.226. The Morgan fingerprint density at radius 2 is 2.33 bits per heavy atom. The molecule has 2 fully saturated rings. The van der Waals surface area contributed by atoms with E-state index in [1.54, 1.807) is 11.8 Å². The molecule has 1 spiro atoms. The fourth-order valence-electron chi connectivity index (χ4n) is 1.86. The molecular formula is C7H13NO2S2. The van der Waals surface area contributed by atoms with Crippen molar-refractivity contribution in [3.8, 4) is 0 Å². The van der Waals surface area contributed by atoms with Crippen molar-refractivity contribution < 1.29 is 8.42 Å². The molecule has 1 N–H and O–H groups in total. The molecule has 2 rings (SSSR count). The normalized spacial score (nSPS) is 45.6. The quantitative estimate of drug-likeness (QED) is 0.617. The molecular weight excluding hydrogens is 194 g/mol. The number of hydrogen-bond acceptors (Lipinski definition) is 4. The van der Waals surface area contributed by atoms with Crippen LogP contribution in [0.3, 0.4) is 0 Å². The van der Waals surface area contributed by atoms with E-state index >= 15 is 0 Å². The fraction of sp³-hybridized carbons (Fsp3) is 1.00. The van der Waals surface area contributed by atoms with Crippen molar-refractivity contribution in [2.75, 3.05) is 17.3 Å². The molecule has 2 unspecified atom stereocenters. The maximum absolute atomic E-state index is 11.2. The topological polar surface area (TPSA) is 46.2 Å². The first kappa shape index (κ1) is 8.84. The number of nitrogens with one attached hydrogen (secondary N) is 1. The lowest BCUT2D eigenvalue weighted by atomic mass is 10.2. The molecule has 5 heteroatoms. The first-order valence-corrected chi connectivity index (χ1v) is 6.94. The van der Waals surface area contributed by atoms with Crippen LogP contribution in [0.5, 0.6) is 0 Å². The van der Waals surface area contributed by atoms with Crippen molar-refractivity contribution in [2.24, 2.45) is 0 Å². The summed E-state index contributed by atoms with van der Waals surface area (Å²) in [5, 5.41) is 3.37.